The summed E-state index contributed by atoms with van der Waals surface area (Å²) < 4.78 is 1.83. The molecule has 0 saturated carbocycles. The molecule has 2 aromatic rings. The van der Waals surface area contributed by atoms with E-state index in [1.54, 1.807) is 35.4 Å². The number of rotatable bonds is 7. The average Bonchev–Trinajstić information content (AvgIpc) is 3.04. The van der Waals surface area contributed by atoms with E-state index in [0.717, 1.165) is 20.9 Å². The number of aromatic nitrogens is 3. The predicted octanol–water partition coefficient (Wildman–Crippen LogP) is 3.34. The lowest BCUT2D eigenvalue weighted by Crippen LogP contribution is -2.02. The van der Waals surface area contributed by atoms with Gasteiger partial charge in [-0.05, 0) is 18.6 Å². The molecule has 7 heteroatoms. The molecule has 0 unspecified atom stereocenters. The molecule has 0 amide bonds. The topological polar surface area (TPSA) is 58.6 Å². The van der Waals surface area contributed by atoms with E-state index in [2.05, 4.69) is 22.1 Å². The van der Waals surface area contributed by atoms with Crippen LogP contribution in [0.2, 0.25) is 0 Å². The molecule has 96 valence electrons. The van der Waals surface area contributed by atoms with Gasteiger partial charge in [-0.3, -0.25) is 4.79 Å². The quantitative estimate of drug-likeness (QED) is 0.627. The van der Waals surface area contributed by atoms with Gasteiger partial charge in [0.05, 0.1) is 11.4 Å². The van der Waals surface area contributed by atoms with Gasteiger partial charge in [-0.2, -0.15) is 0 Å². The van der Waals surface area contributed by atoms with Crippen molar-refractivity contribution in [2.24, 2.45) is 0 Å². The Morgan fingerprint density at radius 3 is 2.83 bits per heavy atom. The molecule has 0 atom stereocenters. The molecule has 0 aromatic carbocycles. The zero-order valence-corrected chi connectivity index (χ0v) is 12.3. The number of aromatic amines is 1. The number of carbonyl (C=O) groups is 1. The first-order valence-corrected chi connectivity index (χ1v) is 8.34. The van der Waals surface area contributed by atoms with Crippen LogP contribution in [0.25, 0.3) is 0 Å². The summed E-state index contributed by atoms with van der Waals surface area (Å²) in [5.41, 5.74) is 0.646. The average molecular weight is 299 g/mol. The zero-order valence-electron chi connectivity index (χ0n) is 9.88. The Morgan fingerprint density at radius 1 is 1.39 bits per heavy atom. The Morgan fingerprint density at radius 2 is 2.17 bits per heavy atom. The molecule has 2 heterocycles. The van der Waals surface area contributed by atoms with E-state index in [9.17, 15) is 4.79 Å². The molecule has 2 aromatic heterocycles. The Hall–Kier alpha value is -0.790. The molecule has 0 radical (unpaired) electrons. The monoisotopic (exact) mass is 299 g/mol. The fourth-order valence-electron chi connectivity index (χ4n) is 1.21. The predicted molar refractivity (Wildman–Crippen MR) is 76.8 cm³/mol. The van der Waals surface area contributed by atoms with Crippen LogP contribution in [0.4, 0.5) is 0 Å². The van der Waals surface area contributed by atoms with E-state index in [-0.39, 0.29) is 5.78 Å². The number of ketones is 1. The minimum absolute atomic E-state index is 0.0861. The number of nitrogens with one attached hydrogen (secondary N) is 1. The summed E-state index contributed by atoms with van der Waals surface area (Å²) in [4.78, 5) is 14.7. The molecule has 0 bridgehead atoms. The Labute approximate surface area is 118 Å². The maximum Gasteiger partial charge on any atom is 0.189 e. The van der Waals surface area contributed by atoms with Crippen LogP contribution in [0.5, 0.6) is 0 Å². The number of Topliss-reactive ketones (excluding diaryl/α,β-unsaturated/α-hetero) is 1. The van der Waals surface area contributed by atoms with Gasteiger partial charge >= 0.3 is 0 Å². The van der Waals surface area contributed by atoms with E-state index in [4.69, 9.17) is 0 Å². The van der Waals surface area contributed by atoms with Crippen LogP contribution in [0, 0.1) is 0 Å². The van der Waals surface area contributed by atoms with Gasteiger partial charge in [0, 0.05) is 11.9 Å². The Balaban J connectivity index is 1.83. The zero-order chi connectivity index (χ0) is 12.8. The largest absolute Gasteiger partial charge is 0.359 e. The second kappa shape index (κ2) is 6.96. The van der Waals surface area contributed by atoms with Crippen LogP contribution in [-0.4, -0.2) is 32.5 Å². The Bertz CT molecular complexity index is 495. The minimum Gasteiger partial charge on any atom is -0.359 e. The van der Waals surface area contributed by atoms with Crippen molar-refractivity contribution in [2.45, 2.75) is 22.0 Å². The van der Waals surface area contributed by atoms with Crippen molar-refractivity contribution in [1.29, 1.82) is 0 Å². The van der Waals surface area contributed by atoms with Crippen LogP contribution in [0.1, 0.15) is 23.8 Å². The number of hydrogen-bond donors (Lipinski definition) is 1. The molecule has 0 aliphatic heterocycles. The molecule has 1 N–H and O–H groups in total. The van der Waals surface area contributed by atoms with Crippen molar-refractivity contribution in [3.63, 3.8) is 0 Å². The maximum atomic E-state index is 11.8. The summed E-state index contributed by atoms with van der Waals surface area (Å²) in [7, 11) is 0. The van der Waals surface area contributed by atoms with Crippen LogP contribution < -0.4 is 0 Å². The van der Waals surface area contributed by atoms with Crippen LogP contribution in [0.15, 0.2) is 27.0 Å². The molecule has 0 spiro atoms. The summed E-state index contributed by atoms with van der Waals surface area (Å²) in [6, 6.07) is 3.61. The molecule has 0 saturated heterocycles. The van der Waals surface area contributed by atoms with E-state index in [1.807, 2.05) is 6.07 Å². The maximum absolute atomic E-state index is 11.8. The van der Waals surface area contributed by atoms with Gasteiger partial charge in [0.25, 0.3) is 0 Å². The van der Waals surface area contributed by atoms with Gasteiger partial charge in [0.2, 0.25) is 0 Å². The van der Waals surface area contributed by atoms with Crippen molar-refractivity contribution in [3.05, 3.63) is 24.0 Å². The minimum atomic E-state index is 0.0861. The van der Waals surface area contributed by atoms with Gasteiger partial charge in [0.15, 0.2) is 14.5 Å². The van der Waals surface area contributed by atoms with Crippen molar-refractivity contribution >= 4 is 40.6 Å². The third-order valence-corrected chi connectivity index (χ3v) is 5.44. The standard InChI is InChI=1S/C11H13N3OS3/c1-2-6-16-10-13-14-11(18-10)17-7-9(15)8-4-3-5-12-8/h3-5,12H,2,6-7H2,1H3. The second-order valence-electron chi connectivity index (χ2n) is 3.48. The molecule has 4 nitrogen and oxygen atoms in total. The first-order valence-electron chi connectivity index (χ1n) is 5.55. The number of thioether (sulfide) groups is 2. The molecule has 0 aliphatic carbocycles. The molecule has 2 rings (SSSR count). The third kappa shape index (κ3) is 3.86. The highest BCUT2D eigenvalue weighted by atomic mass is 32.2. The second-order valence-corrected chi connectivity index (χ2v) is 7.02. The highest BCUT2D eigenvalue weighted by Crippen LogP contribution is 2.29. The first-order chi connectivity index (χ1) is 8.79. The number of nitrogens with zero attached hydrogens (tertiary/aromatic N) is 2. The van der Waals surface area contributed by atoms with Crippen LogP contribution in [-0.2, 0) is 0 Å². The van der Waals surface area contributed by atoms with Gasteiger partial charge < -0.3 is 4.98 Å². The summed E-state index contributed by atoms with van der Waals surface area (Å²) in [5.74, 6) is 1.54. The van der Waals surface area contributed by atoms with E-state index in [1.165, 1.54) is 11.8 Å². The molecule has 0 aliphatic rings. The lowest BCUT2D eigenvalue weighted by Gasteiger charge is -1.94. The van der Waals surface area contributed by atoms with Gasteiger partial charge in [-0.1, -0.05) is 41.8 Å². The van der Waals surface area contributed by atoms with Gasteiger partial charge in [-0.15, -0.1) is 10.2 Å². The molecule has 0 fully saturated rings. The van der Waals surface area contributed by atoms with Gasteiger partial charge in [0.1, 0.15) is 0 Å². The summed E-state index contributed by atoms with van der Waals surface area (Å²) >= 11 is 4.71. The SMILES string of the molecule is CCCSc1nnc(SCC(=O)c2ccc[nH]2)s1. The van der Waals surface area contributed by atoms with E-state index < -0.39 is 0 Å². The van der Waals surface area contributed by atoms with Crippen molar-refractivity contribution in [3.8, 4) is 0 Å². The van der Waals surface area contributed by atoms with Crippen LogP contribution >= 0.6 is 34.9 Å². The fourth-order valence-corrected chi connectivity index (χ4v) is 4.04. The van der Waals surface area contributed by atoms with Crippen molar-refractivity contribution in [2.75, 3.05) is 11.5 Å². The Kier molecular flexibility index (Phi) is 5.27. The highest BCUT2D eigenvalue weighted by molar-refractivity contribution is 8.03. The fraction of sp³-hybridized carbons (Fsp3) is 0.364. The smallest absolute Gasteiger partial charge is 0.189 e. The molecular weight excluding hydrogens is 286 g/mol. The highest BCUT2D eigenvalue weighted by Gasteiger charge is 2.10. The summed E-state index contributed by atoms with van der Waals surface area (Å²) in [6.07, 6.45) is 2.88. The van der Waals surface area contributed by atoms with E-state index in [0.29, 0.717) is 11.4 Å². The lowest BCUT2D eigenvalue weighted by atomic mass is 10.3. The summed E-state index contributed by atoms with van der Waals surface area (Å²) in [5, 5.41) is 8.16. The van der Waals surface area contributed by atoms with Gasteiger partial charge in [-0.25, -0.2) is 0 Å². The number of carbonyl (C=O) groups excluding carboxylic acids is 1. The lowest BCUT2D eigenvalue weighted by molar-refractivity contribution is 0.101. The third-order valence-electron chi connectivity index (χ3n) is 2.04. The molecular formula is C11H13N3OS3. The summed E-state index contributed by atoms with van der Waals surface area (Å²) in [6.45, 7) is 2.14. The normalized spacial score (nSPS) is 10.7. The first kappa shape index (κ1) is 13.6. The number of H-pyrrole nitrogens is 1. The molecule has 18 heavy (non-hydrogen) atoms. The van der Waals surface area contributed by atoms with Crippen molar-refractivity contribution < 1.29 is 4.79 Å². The van der Waals surface area contributed by atoms with Crippen molar-refractivity contribution in [1.82, 2.24) is 15.2 Å². The van der Waals surface area contributed by atoms with E-state index >= 15 is 0 Å². The number of hydrogen-bond acceptors (Lipinski definition) is 6. The van der Waals surface area contributed by atoms with Crippen LogP contribution in [0.3, 0.4) is 0 Å².